The SMILES string of the molecule is CC(C)COc1ccccc1/C=C1/SC(=S)N(c2ccc(Br)cc2)C1=O. The van der Waals surface area contributed by atoms with E-state index in [1.165, 1.54) is 11.8 Å². The Hall–Kier alpha value is -1.63. The zero-order valence-corrected chi connectivity index (χ0v) is 17.7. The quantitative estimate of drug-likeness (QED) is 0.422. The molecule has 1 aliphatic rings. The molecule has 1 fully saturated rings. The molecule has 0 aromatic heterocycles. The Bertz CT molecular complexity index is 862. The second-order valence-electron chi connectivity index (χ2n) is 6.24. The van der Waals surface area contributed by atoms with Crippen LogP contribution in [0.5, 0.6) is 5.75 Å². The molecule has 1 saturated heterocycles. The molecular formula is C20H18BrNO2S2. The molecule has 26 heavy (non-hydrogen) atoms. The Morgan fingerprint density at radius 1 is 1.19 bits per heavy atom. The Morgan fingerprint density at radius 3 is 2.58 bits per heavy atom. The number of thiocarbonyl (C=S) groups is 1. The average Bonchev–Trinajstić information content (AvgIpc) is 2.89. The van der Waals surface area contributed by atoms with Crippen molar-refractivity contribution in [3.8, 4) is 5.75 Å². The predicted molar refractivity (Wildman–Crippen MR) is 117 cm³/mol. The highest BCUT2D eigenvalue weighted by atomic mass is 79.9. The van der Waals surface area contributed by atoms with E-state index in [2.05, 4.69) is 29.8 Å². The number of hydrogen-bond donors (Lipinski definition) is 0. The fourth-order valence-corrected chi connectivity index (χ4v) is 3.96. The van der Waals surface area contributed by atoms with Crippen LogP contribution >= 0.6 is 39.9 Å². The number of ether oxygens (including phenoxy) is 1. The summed E-state index contributed by atoms with van der Waals surface area (Å²) >= 11 is 10.1. The molecular weight excluding hydrogens is 430 g/mol. The third kappa shape index (κ3) is 4.37. The molecule has 2 aromatic carbocycles. The van der Waals surface area contributed by atoms with E-state index in [-0.39, 0.29) is 5.91 Å². The molecule has 0 aliphatic carbocycles. The fourth-order valence-electron chi connectivity index (χ4n) is 2.41. The van der Waals surface area contributed by atoms with Gasteiger partial charge in [0.2, 0.25) is 0 Å². The molecule has 0 N–H and O–H groups in total. The number of hydrogen-bond acceptors (Lipinski definition) is 4. The molecule has 1 aliphatic heterocycles. The van der Waals surface area contributed by atoms with Gasteiger partial charge in [0.05, 0.1) is 17.2 Å². The van der Waals surface area contributed by atoms with Gasteiger partial charge in [-0.2, -0.15) is 0 Å². The summed E-state index contributed by atoms with van der Waals surface area (Å²) < 4.78 is 7.37. The minimum Gasteiger partial charge on any atom is -0.493 e. The second kappa shape index (κ2) is 8.37. The normalized spacial score (nSPS) is 16.0. The maximum absolute atomic E-state index is 12.9. The van der Waals surface area contributed by atoms with E-state index >= 15 is 0 Å². The van der Waals surface area contributed by atoms with E-state index in [4.69, 9.17) is 17.0 Å². The van der Waals surface area contributed by atoms with Crippen LogP contribution in [0.15, 0.2) is 57.9 Å². The molecule has 1 heterocycles. The molecule has 0 saturated carbocycles. The van der Waals surface area contributed by atoms with Crippen molar-refractivity contribution in [2.24, 2.45) is 5.92 Å². The third-order valence-corrected chi connectivity index (χ3v) is 5.49. The van der Waals surface area contributed by atoms with Crippen molar-refractivity contribution in [2.45, 2.75) is 13.8 Å². The van der Waals surface area contributed by atoms with E-state index in [1.54, 1.807) is 4.90 Å². The first kappa shape index (κ1) is 19.1. The minimum absolute atomic E-state index is 0.110. The largest absolute Gasteiger partial charge is 0.493 e. The van der Waals surface area contributed by atoms with E-state index < -0.39 is 0 Å². The number of amides is 1. The summed E-state index contributed by atoms with van der Waals surface area (Å²) in [5.74, 6) is 1.09. The van der Waals surface area contributed by atoms with Gasteiger partial charge in [-0.15, -0.1) is 0 Å². The molecule has 0 spiro atoms. The molecule has 0 radical (unpaired) electrons. The van der Waals surface area contributed by atoms with Crippen LogP contribution in [0, 0.1) is 5.92 Å². The van der Waals surface area contributed by atoms with Gasteiger partial charge in [-0.3, -0.25) is 9.69 Å². The number of halogens is 1. The molecule has 0 atom stereocenters. The van der Waals surface area contributed by atoms with Crippen LogP contribution in [0.4, 0.5) is 5.69 Å². The first-order chi connectivity index (χ1) is 12.5. The summed E-state index contributed by atoms with van der Waals surface area (Å²) in [5.41, 5.74) is 1.65. The molecule has 0 bridgehead atoms. The Labute approximate surface area is 171 Å². The highest BCUT2D eigenvalue weighted by Crippen LogP contribution is 2.37. The van der Waals surface area contributed by atoms with Crippen LogP contribution in [0.3, 0.4) is 0 Å². The minimum atomic E-state index is -0.110. The molecule has 3 rings (SSSR count). The van der Waals surface area contributed by atoms with Gasteiger partial charge in [-0.05, 0) is 42.3 Å². The summed E-state index contributed by atoms with van der Waals surface area (Å²) in [6.07, 6.45) is 1.85. The van der Waals surface area contributed by atoms with Crippen LogP contribution in [0.2, 0.25) is 0 Å². The van der Waals surface area contributed by atoms with Crippen molar-refractivity contribution in [1.82, 2.24) is 0 Å². The zero-order chi connectivity index (χ0) is 18.7. The third-order valence-electron chi connectivity index (χ3n) is 3.66. The molecule has 3 nitrogen and oxygen atoms in total. The van der Waals surface area contributed by atoms with Gasteiger partial charge in [0.25, 0.3) is 5.91 Å². The average molecular weight is 448 g/mol. The van der Waals surface area contributed by atoms with E-state index in [9.17, 15) is 4.79 Å². The van der Waals surface area contributed by atoms with Crippen molar-refractivity contribution in [3.63, 3.8) is 0 Å². The summed E-state index contributed by atoms with van der Waals surface area (Å²) in [4.78, 5) is 15.0. The van der Waals surface area contributed by atoms with Crippen LogP contribution in [-0.4, -0.2) is 16.8 Å². The number of carbonyl (C=O) groups is 1. The van der Waals surface area contributed by atoms with Crippen LogP contribution in [0.25, 0.3) is 6.08 Å². The van der Waals surface area contributed by atoms with Crippen molar-refractivity contribution < 1.29 is 9.53 Å². The Balaban J connectivity index is 1.88. The first-order valence-electron chi connectivity index (χ1n) is 8.21. The number of thioether (sulfide) groups is 1. The number of rotatable bonds is 5. The Morgan fingerprint density at radius 2 is 1.88 bits per heavy atom. The zero-order valence-electron chi connectivity index (χ0n) is 14.4. The Kier molecular flexibility index (Phi) is 6.16. The number of nitrogens with zero attached hydrogens (tertiary/aromatic N) is 1. The number of carbonyl (C=O) groups excluding carboxylic acids is 1. The lowest BCUT2D eigenvalue weighted by atomic mass is 10.1. The predicted octanol–water partition coefficient (Wildman–Crippen LogP) is 5.89. The molecule has 1 amide bonds. The van der Waals surface area contributed by atoms with Crippen molar-refractivity contribution >= 4 is 61.9 Å². The van der Waals surface area contributed by atoms with Crippen molar-refractivity contribution in [2.75, 3.05) is 11.5 Å². The lowest BCUT2D eigenvalue weighted by Gasteiger charge is -2.14. The summed E-state index contributed by atoms with van der Waals surface area (Å²) in [6.45, 7) is 4.84. The van der Waals surface area contributed by atoms with Crippen LogP contribution in [0.1, 0.15) is 19.4 Å². The van der Waals surface area contributed by atoms with Gasteiger partial charge in [0.15, 0.2) is 4.32 Å². The smallest absolute Gasteiger partial charge is 0.270 e. The van der Waals surface area contributed by atoms with Crippen LogP contribution < -0.4 is 9.64 Å². The van der Waals surface area contributed by atoms with Gasteiger partial charge >= 0.3 is 0 Å². The van der Waals surface area contributed by atoms with E-state index in [0.29, 0.717) is 21.8 Å². The van der Waals surface area contributed by atoms with Gasteiger partial charge in [-0.1, -0.05) is 72.0 Å². The summed E-state index contributed by atoms with van der Waals surface area (Å²) in [5, 5.41) is 0. The first-order valence-corrected chi connectivity index (χ1v) is 10.2. The molecule has 0 unspecified atom stereocenters. The number of para-hydroxylation sites is 1. The second-order valence-corrected chi connectivity index (χ2v) is 8.83. The summed E-state index contributed by atoms with van der Waals surface area (Å²) in [6, 6.07) is 15.3. The number of benzene rings is 2. The summed E-state index contributed by atoms with van der Waals surface area (Å²) in [7, 11) is 0. The van der Waals surface area contributed by atoms with Gasteiger partial charge in [0.1, 0.15) is 5.75 Å². The maximum Gasteiger partial charge on any atom is 0.270 e. The highest BCUT2D eigenvalue weighted by molar-refractivity contribution is 9.10. The fraction of sp³-hybridized carbons (Fsp3) is 0.200. The molecule has 134 valence electrons. The van der Waals surface area contributed by atoms with Gasteiger partial charge < -0.3 is 4.74 Å². The molecule has 2 aromatic rings. The van der Waals surface area contributed by atoms with Crippen molar-refractivity contribution in [1.29, 1.82) is 0 Å². The lowest BCUT2D eigenvalue weighted by Crippen LogP contribution is -2.27. The van der Waals surface area contributed by atoms with Crippen molar-refractivity contribution in [3.05, 3.63) is 63.5 Å². The maximum atomic E-state index is 12.9. The van der Waals surface area contributed by atoms with Gasteiger partial charge in [0, 0.05) is 10.0 Å². The van der Waals surface area contributed by atoms with Crippen LogP contribution in [-0.2, 0) is 4.79 Å². The molecule has 6 heteroatoms. The topological polar surface area (TPSA) is 29.5 Å². The standard InChI is InChI=1S/C20H18BrNO2S2/c1-13(2)12-24-17-6-4-3-5-14(17)11-18-19(23)22(20(25)26-18)16-9-7-15(21)8-10-16/h3-11,13H,12H2,1-2H3/b18-11+. The van der Waals surface area contributed by atoms with Gasteiger partial charge in [-0.25, -0.2) is 0 Å². The van der Waals surface area contributed by atoms with E-state index in [0.717, 1.165) is 21.5 Å². The lowest BCUT2D eigenvalue weighted by molar-refractivity contribution is -0.113. The van der Waals surface area contributed by atoms with E-state index in [1.807, 2.05) is 54.6 Å². The highest BCUT2D eigenvalue weighted by Gasteiger charge is 2.33. The monoisotopic (exact) mass is 447 g/mol. The number of anilines is 1.